The second kappa shape index (κ2) is 8.31. The summed E-state index contributed by atoms with van der Waals surface area (Å²) in [6.45, 7) is 1.93. The van der Waals surface area contributed by atoms with E-state index in [1.807, 2.05) is 31.2 Å². The molecule has 0 aliphatic carbocycles. The van der Waals surface area contributed by atoms with E-state index in [9.17, 15) is 9.59 Å². The molecule has 0 aliphatic rings. The van der Waals surface area contributed by atoms with Crippen LogP contribution in [0.4, 0.5) is 0 Å². The average Bonchev–Trinajstić information content (AvgIpc) is 2.60. The summed E-state index contributed by atoms with van der Waals surface area (Å²) in [5, 5.41) is 0. The lowest BCUT2D eigenvalue weighted by molar-refractivity contribution is -0.117. The highest BCUT2D eigenvalue weighted by atomic mass is 79.9. The van der Waals surface area contributed by atoms with Gasteiger partial charge in [-0.15, -0.1) is 0 Å². The monoisotopic (exact) mass is 388 g/mol. The number of aryl methyl sites for hydroxylation is 1. The number of rotatable bonds is 4. The van der Waals surface area contributed by atoms with Gasteiger partial charge in [0.25, 0.3) is 11.8 Å². The molecule has 0 fully saturated rings. The Kier molecular flexibility index (Phi) is 6.14. The van der Waals surface area contributed by atoms with Crippen LogP contribution in [0.3, 0.4) is 0 Å². The van der Waals surface area contributed by atoms with Crippen LogP contribution in [0.1, 0.15) is 21.5 Å². The Morgan fingerprint density at radius 2 is 1.88 bits per heavy atom. The summed E-state index contributed by atoms with van der Waals surface area (Å²) in [4.78, 5) is 23.8. The van der Waals surface area contributed by atoms with E-state index in [0.717, 1.165) is 15.6 Å². The number of hydrazine groups is 1. The van der Waals surface area contributed by atoms with Crippen LogP contribution in [0.25, 0.3) is 6.08 Å². The first-order chi connectivity index (χ1) is 11.5. The smallest absolute Gasteiger partial charge is 0.269 e. The number of para-hydroxylation sites is 1. The van der Waals surface area contributed by atoms with Gasteiger partial charge in [0, 0.05) is 21.7 Å². The lowest BCUT2D eigenvalue weighted by Crippen LogP contribution is -2.40. The molecule has 5 nitrogen and oxygen atoms in total. The summed E-state index contributed by atoms with van der Waals surface area (Å²) in [6, 6.07) is 12.5. The maximum atomic E-state index is 12.0. The molecule has 2 amide bonds. The van der Waals surface area contributed by atoms with Gasteiger partial charge in [-0.25, -0.2) is 0 Å². The van der Waals surface area contributed by atoms with Crippen LogP contribution in [-0.4, -0.2) is 18.9 Å². The Labute approximate surface area is 148 Å². The molecule has 0 aromatic heterocycles. The zero-order valence-electron chi connectivity index (χ0n) is 13.3. The molecule has 0 aliphatic heterocycles. The predicted octanol–water partition coefficient (Wildman–Crippen LogP) is 3.24. The van der Waals surface area contributed by atoms with Crippen molar-refractivity contribution < 1.29 is 14.3 Å². The molecule has 0 atom stereocenters. The first-order valence-corrected chi connectivity index (χ1v) is 7.98. The number of hydrogen-bond donors (Lipinski definition) is 2. The second-order valence-corrected chi connectivity index (χ2v) is 5.84. The first-order valence-electron chi connectivity index (χ1n) is 7.19. The molecular formula is C18H17BrN2O3. The van der Waals surface area contributed by atoms with E-state index < -0.39 is 11.8 Å². The van der Waals surface area contributed by atoms with Crippen molar-refractivity contribution in [1.82, 2.24) is 10.9 Å². The first kappa shape index (κ1) is 17.7. The molecule has 24 heavy (non-hydrogen) atoms. The highest BCUT2D eigenvalue weighted by Crippen LogP contribution is 2.18. The van der Waals surface area contributed by atoms with Crippen LogP contribution in [0.5, 0.6) is 5.75 Å². The zero-order chi connectivity index (χ0) is 17.5. The number of carbonyl (C=O) groups excluding carboxylic acids is 2. The fourth-order valence-corrected chi connectivity index (χ4v) is 2.31. The van der Waals surface area contributed by atoms with Gasteiger partial charge in [-0.05, 0) is 36.8 Å². The normalized spacial score (nSPS) is 10.5. The maximum Gasteiger partial charge on any atom is 0.269 e. The van der Waals surface area contributed by atoms with Crippen LogP contribution < -0.4 is 15.6 Å². The lowest BCUT2D eigenvalue weighted by atomic mass is 10.1. The van der Waals surface area contributed by atoms with Crippen LogP contribution in [0.2, 0.25) is 0 Å². The minimum atomic E-state index is -0.444. The molecule has 0 saturated heterocycles. The minimum absolute atomic E-state index is 0.394. The SMILES string of the molecule is COc1ccccc1C=CC(=O)NNC(=O)c1ccc(C)c(Br)c1. The average molecular weight is 389 g/mol. The minimum Gasteiger partial charge on any atom is -0.496 e. The molecule has 0 spiro atoms. The summed E-state index contributed by atoms with van der Waals surface area (Å²) in [5.41, 5.74) is 6.95. The predicted molar refractivity (Wildman–Crippen MR) is 96.5 cm³/mol. The third kappa shape index (κ3) is 4.70. The molecule has 2 aromatic rings. The van der Waals surface area contributed by atoms with Crippen LogP contribution in [0.15, 0.2) is 53.0 Å². The van der Waals surface area contributed by atoms with E-state index in [0.29, 0.717) is 11.3 Å². The van der Waals surface area contributed by atoms with E-state index in [4.69, 9.17) is 4.74 Å². The third-order valence-electron chi connectivity index (χ3n) is 3.29. The van der Waals surface area contributed by atoms with Crippen molar-refractivity contribution in [1.29, 1.82) is 0 Å². The summed E-state index contributed by atoms with van der Waals surface area (Å²) in [7, 11) is 1.56. The van der Waals surface area contributed by atoms with Crippen LogP contribution in [-0.2, 0) is 4.79 Å². The van der Waals surface area contributed by atoms with E-state index in [1.165, 1.54) is 6.08 Å². The summed E-state index contributed by atoms with van der Waals surface area (Å²) in [6.07, 6.45) is 2.94. The van der Waals surface area contributed by atoms with Crippen molar-refractivity contribution in [3.63, 3.8) is 0 Å². The van der Waals surface area contributed by atoms with Gasteiger partial charge in [-0.1, -0.05) is 40.2 Å². The van der Waals surface area contributed by atoms with Crippen LogP contribution >= 0.6 is 15.9 Å². The topological polar surface area (TPSA) is 67.4 Å². The number of nitrogens with one attached hydrogen (secondary N) is 2. The number of methoxy groups -OCH3 is 1. The van der Waals surface area contributed by atoms with Gasteiger partial charge in [0.15, 0.2) is 0 Å². The Hall–Kier alpha value is -2.60. The Bertz CT molecular complexity index is 788. The number of carbonyl (C=O) groups is 2. The quantitative estimate of drug-likeness (QED) is 0.623. The molecule has 0 heterocycles. The highest BCUT2D eigenvalue weighted by Gasteiger charge is 2.07. The Balaban J connectivity index is 1.94. The van der Waals surface area contributed by atoms with Crippen molar-refractivity contribution in [2.75, 3.05) is 7.11 Å². The summed E-state index contributed by atoms with van der Waals surface area (Å²) >= 11 is 3.37. The molecular weight excluding hydrogens is 372 g/mol. The van der Waals surface area contributed by atoms with Crippen molar-refractivity contribution in [2.45, 2.75) is 6.92 Å². The molecule has 2 N–H and O–H groups in total. The molecule has 0 saturated carbocycles. The standard InChI is InChI=1S/C18H17BrN2O3/c1-12-7-8-14(11-15(12)19)18(23)21-20-17(22)10-9-13-5-3-4-6-16(13)24-2/h3-11H,1-2H3,(H,20,22)(H,21,23). The van der Waals surface area contributed by atoms with E-state index in [2.05, 4.69) is 26.8 Å². The molecule has 124 valence electrons. The van der Waals surface area contributed by atoms with Gasteiger partial charge in [0.1, 0.15) is 5.75 Å². The number of halogens is 1. The van der Waals surface area contributed by atoms with Crippen molar-refractivity contribution in [3.8, 4) is 5.75 Å². The number of benzene rings is 2. The molecule has 0 radical (unpaired) electrons. The van der Waals surface area contributed by atoms with E-state index >= 15 is 0 Å². The van der Waals surface area contributed by atoms with Crippen molar-refractivity contribution in [2.24, 2.45) is 0 Å². The largest absolute Gasteiger partial charge is 0.496 e. The Morgan fingerprint density at radius 3 is 2.58 bits per heavy atom. The van der Waals surface area contributed by atoms with Gasteiger partial charge in [-0.3, -0.25) is 20.4 Å². The summed E-state index contributed by atoms with van der Waals surface area (Å²) < 4.78 is 6.03. The molecule has 6 heteroatoms. The molecule has 0 bridgehead atoms. The zero-order valence-corrected chi connectivity index (χ0v) is 14.9. The van der Waals surface area contributed by atoms with Gasteiger partial charge in [0.2, 0.25) is 0 Å². The van der Waals surface area contributed by atoms with E-state index in [1.54, 1.807) is 31.4 Å². The number of hydrogen-bond acceptors (Lipinski definition) is 3. The summed E-state index contributed by atoms with van der Waals surface area (Å²) in [5.74, 6) is -0.176. The fraction of sp³-hybridized carbons (Fsp3) is 0.111. The van der Waals surface area contributed by atoms with E-state index in [-0.39, 0.29) is 0 Å². The number of amides is 2. The second-order valence-electron chi connectivity index (χ2n) is 4.98. The lowest BCUT2D eigenvalue weighted by Gasteiger charge is -2.07. The third-order valence-corrected chi connectivity index (χ3v) is 4.14. The Morgan fingerprint density at radius 1 is 1.12 bits per heavy atom. The van der Waals surface area contributed by atoms with Gasteiger partial charge < -0.3 is 4.74 Å². The highest BCUT2D eigenvalue weighted by molar-refractivity contribution is 9.10. The molecule has 0 unspecified atom stereocenters. The van der Waals surface area contributed by atoms with Crippen molar-refractivity contribution >= 4 is 33.8 Å². The number of ether oxygens (including phenoxy) is 1. The maximum absolute atomic E-state index is 12.0. The van der Waals surface area contributed by atoms with Crippen molar-refractivity contribution in [3.05, 3.63) is 69.7 Å². The molecule has 2 aromatic carbocycles. The van der Waals surface area contributed by atoms with Crippen LogP contribution in [0, 0.1) is 6.92 Å². The van der Waals surface area contributed by atoms with Gasteiger partial charge in [0.05, 0.1) is 7.11 Å². The van der Waals surface area contributed by atoms with Gasteiger partial charge in [-0.2, -0.15) is 0 Å². The molecule has 2 rings (SSSR count). The van der Waals surface area contributed by atoms with Gasteiger partial charge >= 0.3 is 0 Å². The fourth-order valence-electron chi connectivity index (χ4n) is 1.94.